The number of hydrogen-bond donors (Lipinski definition) is 0. The van der Waals surface area contributed by atoms with Gasteiger partial charge in [-0.15, -0.1) is 11.3 Å². The zero-order valence-corrected chi connectivity index (χ0v) is 17.3. The number of carbonyl (C=O) groups excluding carboxylic acids is 1. The Kier molecular flexibility index (Phi) is 5.56. The van der Waals surface area contributed by atoms with Gasteiger partial charge in [0, 0.05) is 37.4 Å². The molecule has 0 bridgehead atoms. The first-order chi connectivity index (χ1) is 14.3. The molecule has 0 atom stereocenters. The fourth-order valence-electron chi connectivity index (χ4n) is 3.63. The smallest absolute Gasteiger partial charge is 0.368 e. The summed E-state index contributed by atoms with van der Waals surface area (Å²) in [6.45, 7) is 3.96. The van der Waals surface area contributed by atoms with Crippen molar-refractivity contribution in [3.8, 4) is 11.1 Å². The highest BCUT2D eigenvalue weighted by Crippen LogP contribution is 2.33. The van der Waals surface area contributed by atoms with E-state index in [0.717, 1.165) is 22.8 Å². The van der Waals surface area contributed by atoms with Crippen LogP contribution in [0, 0.1) is 6.92 Å². The molecule has 7 heteroatoms. The van der Waals surface area contributed by atoms with Crippen molar-refractivity contribution in [3.63, 3.8) is 0 Å². The normalized spacial score (nSPS) is 14.8. The number of benzene rings is 2. The highest BCUT2D eigenvalue weighted by molar-refractivity contribution is 7.12. The second-order valence-electron chi connectivity index (χ2n) is 7.36. The van der Waals surface area contributed by atoms with Gasteiger partial charge in [0.25, 0.3) is 5.91 Å². The predicted octanol–water partition coefficient (Wildman–Crippen LogP) is 5.70. The highest BCUT2D eigenvalue weighted by atomic mass is 32.1. The van der Waals surface area contributed by atoms with E-state index in [9.17, 15) is 18.0 Å². The molecule has 1 amide bonds. The van der Waals surface area contributed by atoms with Crippen molar-refractivity contribution in [1.82, 2.24) is 4.90 Å². The maximum Gasteiger partial charge on any atom is 0.416 e. The number of piperazine rings is 1. The van der Waals surface area contributed by atoms with E-state index in [0.29, 0.717) is 36.7 Å². The van der Waals surface area contributed by atoms with Crippen molar-refractivity contribution >= 4 is 22.9 Å². The Hall–Kier alpha value is -2.80. The van der Waals surface area contributed by atoms with Crippen LogP contribution >= 0.6 is 11.3 Å². The van der Waals surface area contributed by atoms with Crippen LogP contribution in [0.2, 0.25) is 0 Å². The van der Waals surface area contributed by atoms with Gasteiger partial charge in [0.2, 0.25) is 0 Å². The Morgan fingerprint density at radius 1 is 0.967 bits per heavy atom. The van der Waals surface area contributed by atoms with Gasteiger partial charge in [-0.1, -0.05) is 35.9 Å². The predicted molar refractivity (Wildman–Crippen MR) is 114 cm³/mol. The number of anilines is 1. The van der Waals surface area contributed by atoms with Crippen LogP contribution in [0.1, 0.15) is 20.8 Å². The molecule has 2 aromatic carbocycles. The van der Waals surface area contributed by atoms with Crippen LogP contribution in [-0.4, -0.2) is 37.0 Å². The van der Waals surface area contributed by atoms with E-state index >= 15 is 0 Å². The molecule has 0 saturated carbocycles. The van der Waals surface area contributed by atoms with Crippen molar-refractivity contribution in [3.05, 3.63) is 76.0 Å². The molecule has 1 aliphatic rings. The van der Waals surface area contributed by atoms with E-state index in [-0.39, 0.29) is 5.91 Å². The SMILES string of the molecule is Cc1ccc(-c2ccsc2C(=O)N2CCN(c3cccc(C(F)(F)F)c3)CC2)cc1. The van der Waals surface area contributed by atoms with Crippen LogP contribution in [0.4, 0.5) is 18.9 Å². The van der Waals surface area contributed by atoms with Crippen molar-refractivity contribution < 1.29 is 18.0 Å². The summed E-state index contributed by atoms with van der Waals surface area (Å²) < 4.78 is 39.0. The lowest BCUT2D eigenvalue weighted by Crippen LogP contribution is -2.48. The number of nitrogens with zero attached hydrogens (tertiary/aromatic N) is 2. The van der Waals surface area contributed by atoms with Crippen molar-refractivity contribution in [1.29, 1.82) is 0 Å². The Bertz CT molecular complexity index is 1040. The van der Waals surface area contributed by atoms with Gasteiger partial charge in [-0.3, -0.25) is 4.79 Å². The minimum absolute atomic E-state index is 0.0238. The molecule has 1 fully saturated rings. The minimum atomic E-state index is -4.36. The zero-order chi connectivity index (χ0) is 21.3. The fourth-order valence-corrected chi connectivity index (χ4v) is 4.51. The lowest BCUT2D eigenvalue weighted by molar-refractivity contribution is -0.137. The van der Waals surface area contributed by atoms with Gasteiger partial charge in [-0.25, -0.2) is 0 Å². The zero-order valence-electron chi connectivity index (χ0n) is 16.4. The summed E-state index contributed by atoms with van der Waals surface area (Å²) in [6.07, 6.45) is -4.36. The van der Waals surface area contributed by atoms with Crippen LogP contribution in [0.25, 0.3) is 11.1 Å². The summed E-state index contributed by atoms with van der Waals surface area (Å²) in [5.74, 6) is -0.0238. The van der Waals surface area contributed by atoms with Crippen LogP contribution in [0.15, 0.2) is 60.0 Å². The van der Waals surface area contributed by atoms with Crippen LogP contribution < -0.4 is 4.90 Å². The van der Waals surface area contributed by atoms with Crippen LogP contribution in [-0.2, 0) is 6.18 Å². The molecule has 0 unspecified atom stereocenters. The Morgan fingerprint density at radius 2 is 1.67 bits per heavy atom. The van der Waals surface area contributed by atoms with E-state index < -0.39 is 11.7 Å². The van der Waals surface area contributed by atoms with Crippen molar-refractivity contribution in [2.75, 3.05) is 31.1 Å². The second-order valence-corrected chi connectivity index (χ2v) is 8.27. The van der Waals surface area contributed by atoms with Crippen molar-refractivity contribution in [2.45, 2.75) is 13.1 Å². The first-order valence-electron chi connectivity index (χ1n) is 9.69. The molecule has 3 aromatic rings. The third-order valence-electron chi connectivity index (χ3n) is 5.33. The van der Waals surface area contributed by atoms with E-state index in [4.69, 9.17) is 0 Å². The van der Waals surface area contributed by atoms with E-state index in [1.165, 1.54) is 23.5 Å². The summed E-state index contributed by atoms with van der Waals surface area (Å²) in [5, 5.41) is 1.92. The maximum atomic E-state index is 13.1. The molecule has 3 nitrogen and oxygen atoms in total. The third-order valence-corrected chi connectivity index (χ3v) is 6.23. The maximum absolute atomic E-state index is 13.1. The molecule has 0 N–H and O–H groups in total. The van der Waals surface area contributed by atoms with Gasteiger partial charge >= 0.3 is 6.18 Å². The number of carbonyl (C=O) groups is 1. The summed E-state index contributed by atoms with van der Waals surface area (Å²) >= 11 is 1.42. The quantitative estimate of drug-likeness (QED) is 0.532. The largest absolute Gasteiger partial charge is 0.416 e. The summed E-state index contributed by atoms with van der Waals surface area (Å²) in [6, 6.07) is 15.4. The van der Waals surface area contributed by atoms with Crippen LogP contribution in [0.3, 0.4) is 0 Å². The number of alkyl halides is 3. The van der Waals surface area contributed by atoms with Gasteiger partial charge < -0.3 is 9.80 Å². The fraction of sp³-hybridized carbons (Fsp3) is 0.261. The van der Waals surface area contributed by atoms with Gasteiger partial charge in [0.1, 0.15) is 0 Å². The average molecular weight is 430 g/mol. The standard InChI is InChI=1S/C23H21F3N2OS/c1-16-5-7-17(8-6-16)20-9-14-30-21(20)22(29)28-12-10-27(11-13-28)19-4-2-3-18(15-19)23(24,25)26/h2-9,14-15H,10-13H2,1H3. The van der Waals surface area contributed by atoms with E-state index in [1.807, 2.05) is 47.5 Å². The number of thiophene rings is 1. The molecule has 30 heavy (non-hydrogen) atoms. The number of halogens is 3. The monoisotopic (exact) mass is 430 g/mol. The number of rotatable bonds is 3. The molecule has 2 heterocycles. The molecule has 4 rings (SSSR count). The number of hydrogen-bond acceptors (Lipinski definition) is 3. The molecule has 0 aliphatic carbocycles. The van der Waals surface area contributed by atoms with Gasteiger partial charge in [-0.2, -0.15) is 13.2 Å². The average Bonchev–Trinajstić information content (AvgIpc) is 3.23. The molecule has 156 valence electrons. The molecule has 0 spiro atoms. The lowest BCUT2D eigenvalue weighted by Gasteiger charge is -2.36. The molecule has 1 aromatic heterocycles. The van der Waals surface area contributed by atoms with Crippen LogP contribution in [0.5, 0.6) is 0 Å². The van der Waals surface area contributed by atoms with Gasteiger partial charge in [0.05, 0.1) is 10.4 Å². The summed E-state index contributed by atoms with van der Waals surface area (Å²) in [7, 11) is 0. The summed E-state index contributed by atoms with van der Waals surface area (Å²) in [5.41, 5.74) is 2.97. The molecule has 1 saturated heterocycles. The highest BCUT2D eigenvalue weighted by Gasteiger charge is 2.31. The Balaban J connectivity index is 1.46. The topological polar surface area (TPSA) is 23.6 Å². The molecular formula is C23H21F3N2OS. The summed E-state index contributed by atoms with van der Waals surface area (Å²) in [4.78, 5) is 17.5. The third kappa shape index (κ3) is 4.21. The van der Waals surface area contributed by atoms with Gasteiger partial charge in [0.15, 0.2) is 0 Å². The molecule has 1 aliphatic heterocycles. The minimum Gasteiger partial charge on any atom is -0.368 e. The molecular weight excluding hydrogens is 409 g/mol. The van der Waals surface area contributed by atoms with E-state index in [1.54, 1.807) is 11.0 Å². The number of aryl methyl sites for hydroxylation is 1. The number of amides is 1. The van der Waals surface area contributed by atoms with E-state index in [2.05, 4.69) is 0 Å². The van der Waals surface area contributed by atoms with Gasteiger partial charge in [-0.05, 0) is 42.1 Å². The Labute approximate surface area is 177 Å². The first kappa shape index (κ1) is 20.5. The van der Waals surface area contributed by atoms with Crippen molar-refractivity contribution in [2.24, 2.45) is 0 Å². The Morgan fingerprint density at radius 3 is 2.33 bits per heavy atom. The lowest BCUT2D eigenvalue weighted by atomic mass is 10.0. The first-order valence-corrected chi connectivity index (χ1v) is 10.6. The molecule has 0 radical (unpaired) electrons. The second kappa shape index (κ2) is 8.14.